The van der Waals surface area contributed by atoms with E-state index in [9.17, 15) is 0 Å². The quantitative estimate of drug-likeness (QED) is 0.699. The Labute approximate surface area is 108 Å². The van der Waals surface area contributed by atoms with Crippen LogP contribution in [-0.2, 0) is 0 Å². The maximum Gasteiger partial charge on any atom is 0.0984 e. The van der Waals surface area contributed by atoms with Crippen LogP contribution >= 0.6 is 0 Å². The summed E-state index contributed by atoms with van der Waals surface area (Å²) in [6, 6.07) is 8.51. The van der Waals surface area contributed by atoms with Crippen molar-refractivity contribution in [1.82, 2.24) is 10.2 Å². The lowest BCUT2D eigenvalue weighted by molar-refractivity contribution is 0.367. The molecule has 1 aliphatic carbocycles. The van der Waals surface area contributed by atoms with E-state index in [1.54, 1.807) is 0 Å². The fourth-order valence-corrected chi connectivity index (χ4v) is 3.02. The summed E-state index contributed by atoms with van der Waals surface area (Å²) in [6.45, 7) is 6.30. The fourth-order valence-electron chi connectivity index (χ4n) is 3.02. The van der Waals surface area contributed by atoms with Gasteiger partial charge in [0.2, 0.25) is 0 Å². The molecule has 0 spiro atoms. The van der Waals surface area contributed by atoms with Crippen LogP contribution < -0.4 is 16.4 Å². The van der Waals surface area contributed by atoms with Crippen molar-refractivity contribution in [3.8, 4) is 0 Å². The van der Waals surface area contributed by atoms with Crippen LogP contribution in [0, 0.1) is 11.8 Å². The first kappa shape index (κ1) is 11.4. The third kappa shape index (κ3) is 1.82. The summed E-state index contributed by atoms with van der Waals surface area (Å²) < 4.78 is 0. The number of nitrogens with one attached hydrogen (secondary N) is 2. The van der Waals surface area contributed by atoms with E-state index in [4.69, 9.17) is 5.73 Å². The van der Waals surface area contributed by atoms with Gasteiger partial charge in [-0.15, -0.1) is 0 Å². The topological polar surface area (TPSA) is 53.3 Å². The first-order chi connectivity index (χ1) is 8.70. The highest BCUT2D eigenvalue weighted by Gasteiger charge is 2.55. The zero-order valence-corrected chi connectivity index (χ0v) is 10.7. The van der Waals surface area contributed by atoms with Gasteiger partial charge in [-0.1, -0.05) is 18.7 Å². The van der Waals surface area contributed by atoms with Gasteiger partial charge in [-0.2, -0.15) is 0 Å². The van der Waals surface area contributed by atoms with Gasteiger partial charge >= 0.3 is 0 Å². The van der Waals surface area contributed by atoms with Crippen LogP contribution in [0.3, 0.4) is 0 Å². The Balaban J connectivity index is 1.59. The van der Waals surface area contributed by atoms with E-state index >= 15 is 0 Å². The van der Waals surface area contributed by atoms with E-state index < -0.39 is 0 Å². The minimum atomic E-state index is 0.718. The standard InChI is InChI=1S/C14H20N4/c1-9(17-13-6-4-3-5-12(13)15)18-7-10-11(8-18)14(10)16-2/h3-6,10-11,14,16-17H,1,7-8,15H2,2H3/t10-,11+,14?. The molecule has 1 heterocycles. The van der Waals surface area contributed by atoms with Crippen LogP contribution in [0.5, 0.6) is 0 Å². The van der Waals surface area contributed by atoms with Crippen molar-refractivity contribution < 1.29 is 0 Å². The van der Waals surface area contributed by atoms with E-state index in [2.05, 4.69) is 22.1 Å². The molecule has 1 saturated heterocycles. The van der Waals surface area contributed by atoms with Gasteiger partial charge in [0.05, 0.1) is 17.2 Å². The number of fused-ring (bicyclic) bond motifs is 1. The molecule has 1 unspecified atom stereocenters. The normalized spacial score (nSPS) is 28.9. The third-order valence-corrected chi connectivity index (χ3v) is 4.15. The summed E-state index contributed by atoms with van der Waals surface area (Å²) in [4.78, 5) is 2.32. The summed E-state index contributed by atoms with van der Waals surface area (Å²) in [5, 5.41) is 6.67. The second-order valence-electron chi connectivity index (χ2n) is 5.21. The molecule has 0 aromatic heterocycles. The summed E-state index contributed by atoms with van der Waals surface area (Å²) >= 11 is 0. The molecule has 1 aromatic rings. The molecular weight excluding hydrogens is 224 g/mol. The van der Waals surface area contributed by atoms with E-state index in [1.807, 2.05) is 31.3 Å². The average Bonchev–Trinajstić information content (AvgIpc) is 2.83. The van der Waals surface area contributed by atoms with Crippen molar-refractivity contribution in [2.24, 2.45) is 11.8 Å². The number of likely N-dealkylation sites (tertiary alicyclic amines) is 1. The minimum absolute atomic E-state index is 0.718. The van der Waals surface area contributed by atoms with Crippen molar-refractivity contribution >= 4 is 11.4 Å². The Morgan fingerprint density at radius 2 is 2.00 bits per heavy atom. The van der Waals surface area contributed by atoms with Gasteiger partial charge in [-0.25, -0.2) is 0 Å². The largest absolute Gasteiger partial charge is 0.397 e. The Hall–Kier alpha value is -1.68. The van der Waals surface area contributed by atoms with Crippen molar-refractivity contribution in [1.29, 1.82) is 0 Å². The van der Waals surface area contributed by atoms with Crippen LogP contribution in [0.2, 0.25) is 0 Å². The molecular formula is C14H20N4. The maximum atomic E-state index is 5.92. The molecule has 3 atom stereocenters. The highest BCUT2D eigenvalue weighted by Crippen LogP contribution is 2.46. The number of nitrogens with zero attached hydrogens (tertiary/aromatic N) is 1. The zero-order valence-electron chi connectivity index (χ0n) is 10.7. The van der Waals surface area contributed by atoms with Crippen molar-refractivity contribution in [2.75, 3.05) is 31.2 Å². The fraction of sp³-hybridized carbons (Fsp3) is 0.429. The molecule has 1 aromatic carbocycles. The number of nitrogen functional groups attached to an aromatic ring is 1. The lowest BCUT2D eigenvalue weighted by Crippen LogP contribution is -2.31. The number of piperidine rings is 1. The summed E-state index contributed by atoms with van der Waals surface area (Å²) in [5.74, 6) is 2.54. The Kier molecular flexibility index (Phi) is 2.67. The summed E-state index contributed by atoms with van der Waals surface area (Å²) in [5.41, 5.74) is 7.61. The van der Waals surface area contributed by atoms with Gasteiger partial charge in [0.15, 0.2) is 0 Å². The Morgan fingerprint density at radius 1 is 1.33 bits per heavy atom. The number of rotatable bonds is 4. The van der Waals surface area contributed by atoms with Gasteiger partial charge < -0.3 is 21.3 Å². The molecule has 2 aliphatic rings. The van der Waals surface area contributed by atoms with Crippen molar-refractivity contribution in [2.45, 2.75) is 6.04 Å². The van der Waals surface area contributed by atoms with Crippen molar-refractivity contribution in [3.63, 3.8) is 0 Å². The zero-order chi connectivity index (χ0) is 12.7. The van der Waals surface area contributed by atoms with E-state index in [0.717, 1.165) is 48.2 Å². The highest BCUT2D eigenvalue weighted by molar-refractivity contribution is 5.67. The van der Waals surface area contributed by atoms with Crippen molar-refractivity contribution in [3.05, 3.63) is 36.7 Å². The second kappa shape index (κ2) is 4.21. The van der Waals surface area contributed by atoms with Crippen LogP contribution in [0.4, 0.5) is 11.4 Å². The maximum absolute atomic E-state index is 5.92. The van der Waals surface area contributed by atoms with Gasteiger partial charge in [0.25, 0.3) is 0 Å². The molecule has 0 bridgehead atoms. The molecule has 0 radical (unpaired) electrons. The molecule has 18 heavy (non-hydrogen) atoms. The Bertz CT molecular complexity index is 459. The van der Waals surface area contributed by atoms with Crippen LogP contribution in [0.1, 0.15) is 0 Å². The molecule has 4 nitrogen and oxygen atoms in total. The SMILES string of the molecule is C=C(Nc1ccccc1N)N1C[C@@H]2C(NC)[C@@H]2C1. The van der Waals surface area contributed by atoms with Gasteiger partial charge in [-0.3, -0.25) is 0 Å². The molecule has 1 saturated carbocycles. The van der Waals surface area contributed by atoms with E-state index in [0.29, 0.717) is 0 Å². The van der Waals surface area contributed by atoms with Gasteiger partial charge in [-0.05, 0) is 31.0 Å². The predicted octanol–water partition coefficient (Wildman–Crippen LogP) is 1.30. The number of para-hydroxylation sites is 2. The number of anilines is 2. The molecule has 4 N–H and O–H groups in total. The number of hydrogen-bond donors (Lipinski definition) is 3. The average molecular weight is 244 g/mol. The second-order valence-corrected chi connectivity index (χ2v) is 5.21. The highest BCUT2D eigenvalue weighted by atomic mass is 15.3. The number of nitrogens with two attached hydrogens (primary N) is 1. The van der Waals surface area contributed by atoms with Crippen LogP contribution in [0.15, 0.2) is 36.7 Å². The monoisotopic (exact) mass is 244 g/mol. The molecule has 2 fully saturated rings. The minimum Gasteiger partial charge on any atom is -0.397 e. The number of benzene rings is 1. The summed E-state index contributed by atoms with van der Waals surface area (Å²) in [7, 11) is 2.05. The first-order valence-electron chi connectivity index (χ1n) is 6.43. The lowest BCUT2D eigenvalue weighted by Gasteiger charge is -2.25. The van der Waals surface area contributed by atoms with Crippen LogP contribution in [-0.4, -0.2) is 31.1 Å². The Morgan fingerprint density at radius 3 is 2.61 bits per heavy atom. The van der Waals surface area contributed by atoms with E-state index in [-0.39, 0.29) is 0 Å². The molecule has 4 heteroatoms. The predicted molar refractivity (Wildman–Crippen MR) is 75.0 cm³/mol. The smallest absolute Gasteiger partial charge is 0.0984 e. The summed E-state index contributed by atoms with van der Waals surface area (Å²) in [6.07, 6.45) is 0. The molecule has 96 valence electrons. The molecule has 0 amide bonds. The lowest BCUT2D eigenvalue weighted by atomic mass is 10.2. The van der Waals surface area contributed by atoms with E-state index in [1.165, 1.54) is 0 Å². The van der Waals surface area contributed by atoms with Gasteiger partial charge in [0.1, 0.15) is 0 Å². The third-order valence-electron chi connectivity index (χ3n) is 4.15. The molecule has 3 rings (SSSR count). The van der Waals surface area contributed by atoms with Crippen LogP contribution in [0.25, 0.3) is 0 Å². The molecule has 1 aliphatic heterocycles. The number of hydrogen-bond acceptors (Lipinski definition) is 4. The first-order valence-corrected chi connectivity index (χ1v) is 6.43. The van der Waals surface area contributed by atoms with Gasteiger partial charge in [0, 0.05) is 19.1 Å².